The Morgan fingerprint density at radius 1 is 1.27 bits per heavy atom. The minimum Gasteiger partial charge on any atom is -0.467 e. The van der Waals surface area contributed by atoms with Crippen molar-refractivity contribution in [3.63, 3.8) is 0 Å². The smallest absolute Gasteiger partial charge is 0.274 e. The number of halogens is 2. The molecule has 0 saturated carbocycles. The average Bonchev–Trinajstić information content (AvgIpc) is 3.50. The minimum atomic E-state index is -0.513. The Labute approximate surface area is 187 Å². The van der Waals surface area contributed by atoms with Gasteiger partial charge in [0.2, 0.25) is 5.91 Å². The third-order valence-corrected chi connectivity index (χ3v) is 6.22. The standard InChI is InChI=1S/C20H18Cl2N4O3S/c21-14-6-5-12(9-15(14)22)24-20-25-16(11-30-20)19(28)26-7-1-4-17(26)18(27)23-10-13-3-2-8-29-13/h2-3,5-6,8-9,11,17H,1,4,7,10H2,(H,23,27)(H,24,25)/t17-/m1/s1. The van der Waals surface area contributed by atoms with Gasteiger partial charge in [-0.05, 0) is 43.2 Å². The first kappa shape index (κ1) is 20.7. The molecular formula is C20H18Cl2N4O3S. The molecule has 0 unspecified atom stereocenters. The van der Waals surface area contributed by atoms with Crippen molar-refractivity contribution in [3.8, 4) is 0 Å². The third-order valence-electron chi connectivity index (χ3n) is 4.73. The second-order valence-electron chi connectivity index (χ2n) is 6.75. The van der Waals surface area contributed by atoms with Gasteiger partial charge in [0, 0.05) is 17.6 Å². The summed E-state index contributed by atoms with van der Waals surface area (Å²) in [5, 5.41) is 9.06. The number of amides is 2. The highest BCUT2D eigenvalue weighted by molar-refractivity contribution is 7.14. The van der Waals surface area contributed by atoms with Gasteiger partial charge in [-0.1, -0.05) is 23.2 Å². The molecule has 7 nitrogen and oxygen atoms in total. The number of furan rings is 1. The molecule has 0 aliphatic carbocycles. The van der Waals surface area contributed by atoms with Crippen LogP contribution in [0.3, 0.4) is 0 Å². The number of hydrogen-bond donors (Lipinski definition) is 2. The van der Waals surface area contributed by atoms with Gasteiger partial charge in [-0.3, -0.25) is 9.59 Å². The number of carbonyl (C=O) groups is 2. The summed E-state index contributed by atoms with van der Waals surface area (Å²) in [5.41, 5.74) is 1.02. The van der Waals surface area contributed by atoms with Gasteiger partial charge >= 0.3 is 0 Å². The quantitative estimate of drug-likeness (QED) is 0.551. The number of nitrogens with one attached hydrogen (secondary N) is 2. The van der Waals surface area contributed by atoms with E-state index in [0.29, 0.717) is 51.8 Å². The van der Waals surface area contributed by atoms with Crippen LogP contribution in [0.25, 0.3) is 0 Å². The lowest BCUT2D eigenvalue weighted by molar-refractivity contribution is -0.125. The molecule has 2 amide bonds. The van der Waals surface area contributed by atoms with E-state index in [0.717, 1.165) is 6.42 Å². The van der Waals surface area contributed by atoms with Crippen LogP contribution < -0.4 is 10.6 Å². The molecule has 1 aliphatic rings. The molecule has 4 rings (SSSR count). The van der Waals surface area contributed by atoms with E-state index >= 15 is 0 Å². The van der Waals surface area contributed by atoms with E-state index in [1.807, 2.05) is 0 Å². The number of hydrogen-bond acceptors (Lipinski definition) is 6. The van der Waals surface area contributed by atoms with Gasteiger partial charge in [-0.2, -0.15) is 0 Å². The number of likely N-dealkylation sites (tertiary alicyclic amines) is 1. The first-order valence-corrected chi connectivity index (χ1v) is 10.9. The first-order chi connectivity index (χ1) is 14.5. The number of nitrogens with zero attached hydrogens (tertiary/aromatic N) is 2. The van der Waals surface area contributed by atoms with Crippen molar-refractivity contribution in [3.05, 3.63) is 63.5 Å². The maximum Gasteiger partial charge on any atom is 0.274 e. The fourth-order valence-corrected chi connectivity index (χ4v) is 4.26. The lowest BCUT2D eigenvalue weighted by Crippen LogP contribution is -2.45. The number of aromatic nitrogens is 1. The Bertz CT molecular complexity index is 1050. The van der Waals surface area contributed by atoms with Gasteiger partial charge in [0.1, 0.15) is 17.5 Å². The lowest BCUT2D eigenvalue weighted by Gasteiger charge is -2.23. The van der Waals surface area contributed by atoms with Gasteiger partial charge in [-0.25, -0.2) is 4.98 Å². The van der Waals surface area contributed by atoms with Crippen LogP contribution in [0.5, 0.6) is 0 Å². The maximum absolute atomic E-state index is 13.0. The van der Waals surface area contributed by atoms with Gasteiger partial charge in [0.15, 0.2) is 5.13 Å². The third kappa shape index (κ3) is 4.61. The molecule has 10 heteroatoms. The van der Waals surface area contributed by atoms with Crippen LogP contribution in [0, 0.1) is 0 Å². The largest absolute Gasteiger partial charge is 0.467 e. The summed E-state index contributed by atoms with van der Waals surface area (Å²) in [4.78, 5) is 31.5. The van der Waals surface area contributed by atoms with Crippen molar-refractivity contribution in [1.29, 1.82) is 0 Å². The summed E-state index contributed by atoms with van der Waals surface area (Å²) < 4.78 is 5.23. The van der Waals surface area contributed by atoms with Crippen LogP contribution in [-0.2, 0) is 11.3 Å². The molecular weight excluding hydrogens is 447 g/mol. The Morgan fingerprint density at radius 2 is 2.13 bits per heavy atom. The van der Waals surface area contributed by atoms with Crippen molar-refractivity contribution in [2.75, 3.05) is 11.9 Å². The highest BCUT2D eigenvalue weighted by Gasteiger charge is 2.35. The van der Waals surface area contributed by atoms with E-state index in [2.05, 4.69) is 15.6 Å². The zero-order valence-electron chi connectivity index (χ0n) is 15.7. The fourth-order valence-electron chi connectivity index (χ4n) is 3.26. The van der Waals surface area contributed by atoms with Crippen molar-refractivity contribution in [2.24, 2.45) is 0 Å². The van der Waals surface area contributed by atoms with Crippen LogP contribution in [0.15, 0.2) is 46.4 Å². The molecule has 0 bridgehead atoms. The average molecular weight is 465 g/mol. The van der Waals surface area contributed by atoms with Gasteiger partial charge in [0.25, 0.3) is 5.91 Å². The number of thiazole rings is 1. The summed E-state index contributed by atoms with van der Waals surface area (Å²) in [6.07, 6.45) is 2.94. The number of benzene rings is 1. The van der Waals surface area contributed by atoms with Crippen molar-refractivity contribution >= 4 is 57.2 Å². The zero-order valence-corrected chi connectivity index (χ0v) is 18.1. The summed E-state index contributed by atoms with van der Waals surface area (Å²) in [6.45, 7) is 0.809. The molecule has 156 valence electrons. The molecule has 1 fully saturated rings. The van der Waals surface area contributed by atoms with Crippen LogP contribution >= 0.6 is 34.5 Å². The summed E-state index contributed by atoms with van der Waals surface area (Å²) >= 11 is 13.3. The normalized spacial score (nSPS) is 15.9. The molecule has 3 heterocycles. The molecule has 1 saturated heterocycles. The topological polar surface area (TPSA) is 87.5 Å². The fraction of sp³-hybridized carbons (Fsp3) is 0.250. The van der Waals surface area contributed by atoms with E-state index in [4.69, 9.17) is 27.6 Å². The van der Waals surface area contributed by atoms with Crippen molar-refractivity contribution < 1.29 is 14.0 Å². The SMILES string of the molecule is O=C(NCc1ccco1)[C@H]1CCCN1C(=O)c1csc(Nc2ccc(Cl)c(Cl)c2)n1. The summed E-state index contributed by atoms with van der Waals surface area (Å²) in [6, 6.07) is 8.18. The lowest BCUT2D eigenvalue weighted by atomic mass is 10.2. The van der Waals surface area contributed by atoms with E-state index in [9.17, 15) is 9.59 Å². The highest BCUT2D eigenvalue weighted by Crippen LogP contribution is 2.29. The van der Waals surface area contributed by atoms with Crippen LogP contribution in [0.2, 0.25) is 10.0 Å². The van der Waals surface area contributed by atoms with E-state index in [1.54, 1.807) is 46.9 Å². The zero-order chi connectivity index (χ0) is 21.1. The molecule has 3 aromatic rings. The van der Waals surface area contributed by atoms with Crippen LogP contribution in [0.1, 0.15) is 29.1 Å². The van der Waals surface area contributed by atoms with Gasteiger partial charge in [-0.15, -0.1) is 11.3 Å². The number of carbonyl (C=O) groups excluding carboxylic acids is 2. The summed E-state index contributed by atoms with van der Waals surface area (Å²) in [5.74, 6) is 0.211. The minimum absolute atomic E-state index is 0.193. The second kappa shape index (κ2) is 9.07. The highest BCUT2D eigenvalue weighted by atomic mass is 35.5. The second-order valence-corrected chi connectivity index (χ2v) is 8.42. The van der Waals surface area contributed by atoms with E-state index in [1.165, 1.54) is 11.3 Å². The van der Waals surface area contributed by atoms with Crippen LogP contribution in [-0.4, -0.2) is 34.3 Å². The first-order valence-electron chi connectivity index (χ1n) is 9.30. The molecule has 1 atom stereocenters. The van der Waals surface area contributed by atoms with E-state index < -0.39 is 6.04 Å². The molecule has 0 spiro atoms. The van der Waals surface area contributed by atoms with Crippen LogP contribution in [0.4, 0.5) is 10.8 Å². The molecule has 30 heavy (non-hydrogen) atoms. The van der Waals surface area contributed by atoms with Crippen molar-refractivity contribution in [2.45, 2.75) is 25.4 Å². The van der Waals surface area contributed by atoms with Gasteiger partial charge < -0.3 is 20.0 Å². The molecule has 1 aromatic carbocycles. The Kier molecular flexibility index (Phi) is 6.26. The number of rotatable bonds is 6. The predicted octanol–water partition coefficient (Wildman–Crippen LogP) is 4.71. The molecule has 1 aliphatic heterocycles. The number of anilines is 2. The summed E-state index contributed by atoms with van der Waals surface area (Å²) in [7, 11) is 0. The predicted molar refractivity (Wildman–Crippen MR) is 116 cm³/mol. The van der Waals surface area contributed by atoms with E-state index in [-0.39, 0.29) is 11.8 Å². The van der Waals surface area contributed by atoms with Crippen molar-refractivity contribution in [1.82, 2.24) is 15.2 Å². The Hall–Kier alpha value is -2.55. The Morgan fingerprint density at radius 3 is 2.90 bits per heavy atom. The monoisotopic (exact) mass is 464 g/mol. The van der Waals surface area contributed by atoms with Gasteiger partial charge in [0.05, 0.1) is 22.9 Å². The maximum atomic E-state index is 13.0. The Balaban J connectivity index is 1.40. The molecule has 2 N–H and O–H groups in total. The molecule has 2 aromatic heterocycles. The molecule has 0 radical (unpaired) electrons.